The van der Waals surface area contributed by atoms with Crippen LogP contribution >= 0.6 is 0 Å². The van der Waals surface area contributed by atoms with E-state index in [-0.39, 0.29) is 5.91 Å². The maximum absolute atomic E-state index is 11.7. The molecule has 0 atom stereocenters. The third-order valence-electron chi connectivity index (χ3n) is 2.19. The SMILES string of the molecule is C=CCCC(=O)N(CCC)CCCC. The second kappa shape index (κ2) is 8.79. The van der Waals surface area contributed by atoms with Crippen molar-refractivity contribution in [1.82, 2.24) is 4.90 Å². The van der Waals surface area contributed by atoms with Crippen LogP contribution in [0.1, 0.15) is 46.0 Å². The highest BCUT2D eigenvalue weighted by atomic mass is 16.2. The summed E-state index contributed by atoms with van der Waals surface area (Å²) in [5.41, 5.74) is 0. The smallest absolute Gasteiger partial charge is 0.222 e. The van der Waals surface area contributed by atoms with Crippen molar-refractivity contribution < 1.29 is 4.79 Å². The molecule has 0 fully saturated rings. The van der Waals surface area contributed by atoms with E-state index in [2.05, 4.69) is 20.4 Å². The first-order valence-corrected chi connectivity index (χ1v) is 5.64. The summed E-state index contributed by atoms with van der Waals surface area (Å²) in [5.74, 6) is 0.278. The first-order valence-electron chi connectivity index (χ1n) is 5.64. The number of unbranched alkanes of at least 4 members (excludes halogenated alkanes) is 1. The zero-order chi connectivity index (χ0) is 10.8. The van der Waals surface area contributed by atoms with E-state index in [0.717, 1.165) is 38.8 Å². The molecule has 2 nitrogen and oxygen atoms in total. The summed E-state index contributed by atoms with van der Waals surface area (Å²) in [6.45, 7) is 9.71. The topological polar surface area (TPSA) is 20.3 Å². The molecule has 0 saturated heterocycles. The van der Waals surface area contributed by atoms with E-state index < -0.39 is 0 Å². The van der Waals surface area contributed by atoms with Crippen molar-refractivity contribution in [3.8, 4) is 0 Å². The summed E-state index contributed by atoms with van der Waals surface area (Å²) in [5, 5.41) is 0. The van der Waals surface area contributed by atoms with Crippen molar-refractivity contribution in [2.24, 2.45) is 0 Å². The standard InChI is InChI=1S/C12H23NO/c1-4-7-9-12(14)13(10-6-3)11-8-5-2/h4H,1,5-11H2,2-3H3. The predicted octanol–water partition coefficient (Wildman–Crippen LogP) is 2.99. The average Bonchev–Trinajstić information content (AvgIpc) is 2.20. The summed E-state index contributed by atoms with van der Waals surface area (Å²) in [4.78, 5) is 13.7. The van der Waals surface area contributed by atoms with E-state index >= 15 is 0 Å². The van der Waals surface area contributed by atoms with Gasteiger partial charge in [-0.15, -0.1) is 6.58 Å². The Bertz CT molecular complexity index is 166. The molecule has 82 valence electrons. The Kier molecular flexibility index (Phi) is 8.30. The predicted molar refractivity (Wildman–Crippen MR) is 61.2 cm³/mol. The second-order valence-electron chi connectivity index (χ2n) is 3.56. The average molecular weight is 197 g/mol. The maximum Gasteiger partial charge on any atom is 0.222 e. The molecule has 2 heteroatoms. The van der Waals surface area contributed by atoms with Crippen LogP contribution in [0.25, 0.3) is 0 Å². The Labute approximate surface area is 88.0 Å². The van der Waals surface area contributed by atoms with Gasteiger partial charge in [-0.3, -0.25) is 4.79 Å². The van der Waals surface area contributed by atoms with Gasteiger partial charge in [0, 0.05) is 19.5 Å². The van der Waals surface area contributed by atoms with E-state index in [1.165, 1.54) is 0 Å². The largest absolute Gasteiger partial charge is 0.343 e. The quantitative estimate of drug-likeness (QED) is 0.548. The van der Waals surface area contributed by atoms with Crippen molar-refractivity contribution in [1.29, 1.82) is 0 Å². The van der Waals surface area contributed by atoms with Gasteiger partial charge in [-0.05, 0) is 19.3 Å². The van der Waals surface area contributed by atoms with Crippen LogP contribution in [0.2, 0.25) is 0 Å². The minimum Gasteiger partial charge on any atom is -0.343 e. The molecule has 0 aliphatic rings. The van der Waals surface area contributed by atoms with Gasteiger partial charge in [0.1, 0.15) is 0 Å². The van der Waals surface area contributed by atoms with Crippen molar-refractivity contribution in [2.75, 3.05) is 13.1 Å². The van der Waals surface area contributed by atoms with Crippen LogP contribution in [0.4, 0.5) is 0 Å². The highest BCUT2D eigenvalue weighted by Crippen LogP contribution is 2.02. The number of hydrogen-bond acceptors (Lipinski definition) is 1. The zero-order valence-corrected chi connectivity index (χ0v) is 9.59. The molecular formula is C12H23NO. The summed E-state index contributed by atoms with van der Waals surface area (Å²) >= 11 is 0. The van der Waals surface area contributed by atoms with Gasteiger partial charge in [0.2, 0.25) is 5.91 Å². The molecule has 0 unspecified atom stereocenters. The van der Waals surface area contributed by atoms with Crippen LogP contribution < -0.4 is 0 Å². The summed E-state index contributed by atoms with van der Waals surface area (Å²) in [7, 11) is 0. The lowest BCUT2D eigenvalue weighted by Gasteiger charge is -2.21. The maximum atomic E-state index is 11.7. The van der Waals surface area contributed by atoms with Crippen LogP contribution in [0, 0.1) is 0 Å². The molecule has 0 aromatic heterocycles. The molecule has 14 heavy (non-hydrogen) atoms. The fourth-order valence-electron chi connectivity index (χ4n) is 1.36. The van der Waals surface area contributed by atoms with Crippen LogP contribution in [-0.2, 0) is 4.79 Å². The first-order chi connectivity index (χ1) is 6.76. The third-order valence-corrected chi connectivity index (χ3v) is 2.19. The van der Waals surface area contributed by atoms with Gasteiger partial charge in [0.25, 0.3) is 0 Å². The van der Waals surface area contributed by atoms with Gasteiger partial charge in [0.15, 0.2) is 0 Å². The Hall–Kier alpha value is -0.790. The Morgan fingerprint density at radius 2 is 2.00 bits per heavy atom. The second-order valence-corrected chi connectivity index (χ2v) is 3.56. The molecule has 0 N–H and O–H groups in total. The molecule has 0 aromatic carbocycles. The lowest BCUT2D eigenvalue weighted by molar-refractivity contribution is -0.131. The Morgan fingerprint density at radius 1 is 1.29 bits per heavy atom. The molecule has 0 aromatic rings. The molecule has 0 heterocycles. The molecule has 0 spiro atoms. The van der Waals surface area contributed by atoms with E-state index in [0.29, 0.717) is 6.42 Å². The van der Waals surface area contributed by atoms with Crippen LogP contribution in [0.5, 0.6) is 0 Å². The lowest BCUT2D eigenvalue weighted by atomic mass is 10.2. The molecule has 0 aliphatic heterocycles. The Morgan fingerprint density at radius 3 is 2.50 bits per heavy atom. The van der Waals surface area contributed by atoms with Gasteiger partial charge in [-0.1, -0.05) is 26.3 Å². The highest BCUT2D eigenvalue weighted by Gasteiger charge is 2.10. The molecule has 0 rings (SSSR count). The van der Waals surface area contributed by atoms with Crippen molar-refractivity contribution in [3.63, 3.8) is 0 Å². The minimum absolute atomic E-state index is 0.278. The van der Waals surface area contributed by atoms with E-state index in [1.807, 2.05) is 11.0 Å². The van der Waals surface area contributed by atoms with Gasteiger partial charge >= 0.3 is 0 Å². The van der Waals surface area contributed by atoms with Gasteiger partial charge < -0.3 is 4.90 Å². The van der Waals surface area contributed by atoms with Crippen molar-refractivity contribution >= 4 is 5.91 Å². The lowest BCUT2D eigenvalue weighted by Crippen LogP contribution is -2.32. The van der Waals surface area contributed by atoms with Crippen LogP contribution in [-0.4, -0.2) is 23.9 Å². The normalized spacial score (nSPS) is 9.86. The summed E-state index contributed by atoms with van der Waals surface area (Å²) in [6, 6.07) is 0. The number of carbonyl (C=O) groups is 1. The first kappa shape index (κ1) is 13.2. The number of hydrogen-bond donors (Lipinski definition) is 0. The molecular weight excluding hydrogens is 174 g/mol. The van der Waals surface area contributed by atoms with E-state index in [9.17, 15) is 4.79 Å². The molecule has 0 radical (unpaired) electrons. The van der Waals surface area contributed by atoms with E-state index in [4.69, 9.17) is 0 Å². The molecule has 1 amide bonds. The number of allylic oxidation sites excluding steroid dienone is 1. The fourth-order valence-corrected chi connectivity index (χ4v) is 1.36. The van der Waals surface area contributed by atoms with Crippen LogP contribution in [0.3, 0.4) is 0 Å². The number of rotatable bonds is 8. The summed E-state index contributed by atoms with van der Waals surface area (Å²) in [6.07, 6.45) is 6.53. The van der Waals surface area contributed by atoms with Crippen molar-refractivity contribution in [2.45, 2.75) is 46.0 Å². The molecule has 0 aliphatic carbocycles. The van der Waals surface area contributed by atoms with Crippen LogP contribution in [0.15, 0.2) is 12.7 Å². The number of amides is 1. The van der Waals surface area contributed by atoms with Crippen molar-refractivity contribution in [3.05, 3.63) is 12.7 Å². The van der Waals surface area contributed by atoms with E-state index in [1.54, 1.807) is 0 Å². The number of carbonyl (C=O) groups excluding carboxylic acids is 1. The molecule has 0 bridgehead atoms. The summed E-state index contributed by atoms with van der Waals surface area (Å²) < 4.78 is 0. The third kappa shape index (κ3) is 5.79. The van der Waals surface area contributed by atoms with Gasteiger partial charge in [0.05, 0.1) is 0 Å². The highest BCUT2D eigenvalue weighted by molar-refractivity contribution is 5.76. The molecule has 0 saturated carbocycles. The minimum atomic E-state index is 0.278. The Balaban J connectivity index is 3.89. The van der Waals surface area contributed by atoms with Gasteiger partial charge in [-0.25, -0.2) is 0 Å². The van der Waals surface area contributed by atoms with Gasteiger partial charge in [-0.2, -0.15) is 0 Å². The fraction of sp³-hybridized carbons (Fsp3) is 0.750. The zero-order valence-electron chi connectivity index (χ0n) is 9.59. The monoisotopic (exact) mass is 197 g/mol. The number of nitrogens with zero attached hydrogens (tertiary/aromatic N) is 1.